The molecule has 0 saturated heterocycles. The third-order valence-electron chi connectivity index (χ3n) is 5.56. The molecule has 1 amide bonds. The van der Waals surface area contributed by atoms with Crippen LogP contribution in [0.5, 0.6) is 5.75 Å². The van der Waals surface area contributed by atoms with Crippen LogP contribution in [0.15, 0.2) is 94.8 Å². The Bertz CT molecular complexity index is 1410. The summed E-state index contributed by atoms with van der Waals surface area (Å²) in [4.78, 5) is 21.8. The van der Waals surface area contributed by atoms with Crippen molar-refractivity contribution in [2.75, 3.05) is 7.11 Å². The first-order chi connectivity index (χ1) is 17.2. The molecular formula is C27H24N4O3S. The molecule has 1 N–H and O–H groups in total. The van der Waals surface area contributed by atoms with Crippen molar-refractivity contribution in [3.63, 3.8) is 0 Å². The molecule has 5 aromatic rings. The molecule has 7 nitrogen and oxygen atoms in total. The normalized spacial score (nSPS) is 11.0. The van der Waals surface area contributed by atoms with Crippen LogP contribution in [0.4, 0.5) is 0 Å². The van der Waals surface area contributed by atoms with E-state index in [1.165, 1.54) is 0 Å². The number of thioether (sulfide) groups is 1. The fourth-order valence-corrected chi connectivity index (χ4v) is 4.64. The number of ether oxygens (including phenoxy) is 1. The van der Waals surface area contributed by atoms with E-state index in [0.29, 0.717) is 18.7 Å². The number of amides is 1. The van der Waals surface area contributed by atoms with Gasteiger partial charge in [0.2, 0.25) is 0 Å². The average molecular weight is 485 g/mol. The average Bonchev–Trinajstić information content (AvgIpc) is 3.55. The summed E-state index contributed by atoms with van der Waals surface area (Å²) < 4.78 is 12.7. The lowest BCUT2D eigenvalue weighted by molar-refractivity contribution is 0.0948. The lowest BCUT2D eigenvalue weighted by Crippen LogP contribution is -2.22. The van der Waals surface area contributed by atoms with E-state index in [-0.39, 0.29) is 5.91 Å². The minimum atomic E-state index is -0.132. The fraction of sp³-hybridized carbons (Fsp3) is 0.148. The molecule has 35 heavy (non-hydrogen) atoms. The van der Waals surface area contributed by atoms with Crippen molar-refractivity contribution in [3.8, 4) is 5.75 Å². The van der Waals surface area contributed by atoms with Gasteiger partial charge in [-0.3, -0.25) is 9.36 Å². The van der Waals surface area contributed by atoms with Crippen LogP contribution in [0.1, 0.15) is 27.2 Å². The predicted octanol–water partition coefficient (Wildman–Crippen LogP) is 5.30. The van der Waals surface area contributed by atoms with Crippen LogP contribution in [-0.4, -0.2) is 27.6 Å². The third kappa shape index (κ3) is 5.38. The molecule has 2 aromatic carbocycles. The molecule has 0 aliphatic rings. The number of fused-ring (bicyclic) bond motifs is 1. The number of pyridine rings is 1. The predicted molar refractivity (Wildman–Crippen MR) is 136 cm³/mol. The van der Waals surface area contributed by atoms with Gasteiger partial charge in [0, 0.05) is 17.5 Å². The maximum atomic E-state index is 12.4. The molecule has 0 bridgehead atoms. The maximum absolute atomic E-state index is 12.4. The quantitative estimate of drug-likeness (QED) is 0.286. The zero-order chi connectivity index (χ0) is 24.0. The third-order valence-corrected chi connectivity index (χ3v) is 6.60. The molecule has 0 radical (unpaired) electrons. The Balaban J connectivity index is 1.28. The Morgan fingerprint density at radius 2 is 1.83 bits per heavy atom. The first kappa shape index (κ1) is 22.7. The topological polar surface area (TPSA) is 82.2 Å². The first-order valence-corrected chi connectivity index (χ1v) is 12.1. The molecule has 0 unspecified atom stereocenters. The van der Waals surface area contributed by atoms with E-state index in [0.717, 1.165) is 44.7 Å². The van der Waals surface area contributed by atoms with Crippen LogP contribution in [0.2, 0.25) is 0 Å². The van der Waals surface area contributed by atoms with Crippen LogP contribution in [-0.2, 0) is 18.8 Å². The number of rotatable bonds is 9. The number of methoxy groups -OCH3 is 1. The summed E-state index contributed by atoms with van der Waals surface area (Å²) in [5, 5.41) is 3.76. The summed E-state index contributed by atoms with van der Waals surface area (Å²) >= 11 is 1.65. The zero-order valence-electron chi connectivity index (χ0n) is 19.2. The van der Waals surface area contributed by atoms with Crippen molar-refractivity contribution in [2.24, 2.45) is 0 Å². The molecule has 3 heterocycles. The molecular weight excluding hydrogens is 460 g/mol. The zero-order valence-corrected chi connectivity index (χ0v) is 20.0. The number of aromatic nitrogens is 3. The van der Waals surface area contributed by atoms with Crippen LogP contribution in [0.25, 0.3) is 11.2 Å². The van der Waals surface area contributed by atoms with Gasteiger partial charge in [-0.15, -0.1) is 0 Å². The highest BCUT2D eigenvalue weighted by atomic mass is 32.2. The number of hydrogen-bond acceptors (Lipinski definition) is 6. The molecule has 3 aromatic heterocycles. The number of furan rings is 1. The monoisotopic (exact) mass is 484 g/mol. The van der Waals surface area contributed by atoms with Crippen LogP contribution < -0.4 is 10.1 Å². The Kier molecular flexibility index (Phi) is 6.81. The summed E-state index contributed by atoms with van der Waals surface area (Å²) in [5.41, 5.74) is 4.58. The highest BCUT2D eigenvalue weighted by Crippen LogP contribution is 2.27. The summed E-state index contributed by atoms with van der Waals surface area (Å²) in [6.45, 7) is 1.02. The molecule has 0 aliphatic heterocycles. The van der Waals surface area contributed by atoms with Gasteiger partial charge >= 0.3 is 0 Å². The standard InChI is InChI=1S/C27H24N4O3S/c1-33-22-12-8-19(9-13-22)17-31-25-24(5-2-14-28-25)30-27(31)35-18-20-6-10-21(11-7-20)26(32)29-16-23-4-3-15-34-23/h2-15H,16-18H2,1H3,(H,29,32). The second kappa shape index (κ2) is 10.5. The summed E-state index contributed by atoms with van der Waals surface area (Å²) in [6, 6.07) is 23.2. The van der Waals surface area contributed by atoms with Crippen LogP contribution in [0, 0.1) is 0 Å². The van der Waals surface area contributed by atoms with Gasteiger partial charge in [-0.05, 0) is 59.7 Å². The van der Waals surface area contributed by atoms with Gasteiger partial charge in [0.25, 0.3) is 5.91 Å². The van der Waals surface area contributed by atoms with Gasteiger partial charge in [0.1, 0.15) is 17.0 Å². The Hall–Kier alpha value is -4.04. The first-order valence-electron chi connectivity index (χ1n) is 11.2. The number of nitrogens with zero attached hydrogens (tertiary/aromatic N) is 3. The second-order valence-corrected chi connectivity index (χ2v) is 8.86. The maximum Gasteiger partial charge on any atom is 0.251 e. The smallest absolute Gasteiger partial charge is 0.251 e. The molecule has 176 valence electrons. The number of carbonyl (C=O) groups is 1. The Morgan fingerprint density at radius 3 is 2.57 bits per heavy atom. The lowest BCUT2D eigenvalue weighted by atomic mass is 10.1. The largest absolute Gasteiger partial charge is 0.497 e. The van der Waals surface area contributed by atoms with Crippen molar-refractivity contribution in [1.29, 1.82) is 0 Å². The van der Waals surface area contributed by atoms with Crippen LogP contribution >= 0.6 is 11.8 Å². The van der Waals surface area contributed by atoms with Crippen molar-refractivity contribution >= 4 is 28.8 Å². The molecule has 0 aliphatic carbocycles. The molecule has 0 spiro atoms. The van der Waals surface area contributed by atoms with Gasteiger partial charge in [-0.1, -0.05) is 36.0 Å². The minimum Gasteiger partial charge on any atom is -0.497 e. The van der Waals surface area contributed by atoms with Gasteiger partial charge in [-0.2, -0.15) is 0 Å². The van der Waals surface area contributed by atoms with E-state index in [4.69, 9.17) is 14.1 Å². The fourth-order valence-electron chi connectivity index (χ4n) is 3.69. The van der Waals surface area contributed by atoms with E-state index in [9.17, 15) is 4.79 Å². The molecule has 5 rings (SSSR count). The van der Waals surface area contributed by atoms with E-state index < -0.39 is 0 Å². The number of hydrogen-bond donors (Lipinski definition) is 1. The summed E-state index contributed by atoms with van der Waals surface area (Å²) in [5.74, 6) is 2.14. The number of nitrogens with one attached hydrogen (secondary N) is 1. The van der Waals surface area contributed by atoms with Gasteiger partial charge in [0.05, 0.1) is 26.5 Å². The van der Waals surface area contributed by atoms with Gasteiger partial charge in [0.15, 0.2) is 10.8 Å². The van der Waals surface area contributed by atoms with Gasteiger partial charge in [-0.25, -0.2) is 9.97 Å². The van der Waals surface area contributed by atoms with Crippen molar-refractivity contribution in [1.82, 2.24) is 19.9 Å². The van der Waals surface area contributed by atoms with E-state index in [2.05, 4.69) is 27.0 Å². The number of benzene rings is 2. The SMILES string of the molecule is COc1ccc(Cn2c(SCc3ccc(C(=O)NCc4ccco4)cc3)nc3cccnc32)cc1. The Labute approximate surface area is 207 Å². The van der Waals surface area contributed by atoms with Crippen molar-refractivity contribution in [2.45, 2.75) is 24.0 Å². The summed E-state index contributed by atoms with van der Waals surface area (Å²) in [6.07, 6.45) is 3.38. The molecule has 8 heteroatoms. The highest BCUT2D eigenvalue weighted by Gasteiger charge is 2.13. The van der Waals surface area contributed by atoms with E-state index >= 15 is 0 Å². The summed E-state index contributed by atoms with van der Waals surface area (Å²) in [7, 11) is 1.66. The van der Waals surface area contributed by atoms with Gasteiger partial charge < -0.3 is 14.5 Å². The molecule has 0 saturated carbocycles. The highest BCUT2D eigenvalue weighted by molar-refractivity contribution is 7.98. The van der Waals surface area contributed by atoms with Crippen LogP contribution in [0.3, 0.4) is 0 Å². The van der Waals surface area contributed by atoms with E-state index in [1.807, 2.05) is 54.6 Å². The van der Waals surface area contributed by atoms with E-state index in [1.54, 1.807) is 37.4 Å². The number of imidazole rings is 1. The number of carbonyl (C=O) groups excluding carboxylic acids is 1. The lowest BCUT2D eigenvalue weighted by Gasteiger charge is -2.10. The second-order valence-electron chi connectivity index (χ2n) is 7.92. The van der Waals surface area contributed by atoms with Crippen molar-refractivity contribution in [3.05, 3.63) is 108 Å². The molecule has 0 atom stereocenters. The van der Waals surface area contributed by atoms with Crippen molar-refractivity contribution < 1.29 is 13.9 Å². The minimum absolute atomic E-state index is 0.132. The molecule has 0 fully saturated rings. The Morgan fingerprint density at radius 1 is 1.03 bits per heavy atom.